The summed E-state index contributed by atoms with van der Waals surface area (Å²) >= 11 is 7.88. The van der Waals surface area contributed by atoms with Crippen LogP contribution in [0.4, 0.5) is 0 Å². The third-order valence-electron chi connectivity index (χ3n) is 3.45. The van der Waals surface area contributed by atoms with E-state index in [0.29, 0.717) is 23.0 Å². The molecule has 20 heavy (non-hydrogen) atoms. The van der Waals surface area contributed by atoms with Crippen molar-refractivity contribution in [2.45, 2.75) is 24.3 Å². The molecule has 1 aromatic rings. The minimum absolute atomic E-state index is 0.224. The summed E-state index contributed by atoms with van der Waals surface area (Å²) in [4.78, 5) is 0.229. The number of rotatable bonds is 5. The molecule has 0 aromatic heterocycles. The first kappa shape index (κ1) is 16.1. The number of hydrogen-bond donors (Lipinski definition) is 2. The molecule has 1 aliphatic heterocycles. The SMILES string of the molecule is NCc1cc(S(=O)(=O)NCC2CCSCC2)ccc1Cl. The normalized spacial score (nSPS) is 17.3. The van der Waals surface area contributed by atoms with Crippen molar-refractivity contribution in [1.29, 1.82) is 0 Å². The summed E-state index contributed by atoms with van der Waals surface area (Å²) in [5.74, 6) is 2.67. The highest BCUT2D eigenvalue weighted by atomic mass is 35.5. The zero-order chi connectivity index (χ0) is 14.6. The van der Waals surface area contributed by atoms with Gasteiger partial charge in [0.2, 0.25) is 10.0 Å². The van der Waals surface area contributed by atoms with Crippen LogP contribution in [0.5, 0.6) is 0 Å². The van der Waals surface area contributed by atoms with Crippen LogP contribution < -0.4 is 10.5 Å². The predicted molar refractivity (Wildman–Crippen MR) is 84.6 cm³/mol. The lowest BCUT2D eigenvalue weighted by Gasteiger charge is -2.21. The van der Waals surface area contributed by atoms with Crippen LogP contribution in [0.1, 0.15) is 18.4 Å². The van der Waals surface area contributed by atoms with E-state index in [4.69, 9.17) is 17.3 Å². The molecule has 0 saturated carbocycles. The second kappa shape index (κ2) is 7.13. The van der Waals surface area contributed by atoms with Gasteiger partial charge in [0.25, 0.3) is 0 Å². The molecule has 112 valence electrons. The van der Waals surface area contributed by atoms with Gasteiger partial charge in [0, 0.05) is 18.1 Å². The van der Waals surface area contributed by atoms with E-state index in [2.05, 4.69) is 4.72 Å². The molecule has 1 saturated heterocycles. The van der Waals surface area contributed by atoms with Crippen LogP contribution in [0.2, 0.25) is 5.02 Å². The van der Waals surface area contributed by atoms with Crippen molar-refractivity contribution in [2.75, 3.05) is 18.1 Å². The number of sulfonamides is 1. The third-order valence-corrected chi connectivity index (χ3v) is 6.29. The second-order valence-electron chi connectivity index (χ2n) is 4.86. The Bertz CT molecular complexity index is 557. The first-order chi connectivity index (χ1) is 9.53. The quantitative estimate of drug-likeness (QED) is 0.866. The largest absolute Gasteiger partial charge is 0.326 e. The topological polar surface area (TPSA) is 72.2 Å². The Labute approximate surface area is 129 Å². The maximum absolute atomic E-state index is 12.3. The monoisotopic (exact) mass is 334 g/mol. The van der Waals surface area contributed by atoms with Gasteiger partial charge in [-0.05, 0) is 54.0 Å². The lowest BCUT2D eigenvalue weighted by Crippen LogP contribution is -2.31. The summed E-state index contributed by atoms with van der Waals surface area (Å²) in [6, 6.07) is 4.64. The van der Waals surface area contributed by atoms with Gasteiger partial charge in [-0.3, -0.25) is 0 Å². The fraction of sp³-hybridized carbons (Fsp3) is 0.538. The van der Waals surface area contributed by atoms with Crippen LogP contribution in [0.3, 0.4) is 0 Å². The van der Waals surface area contributed by atoms with Crippen molar-refractivity contribution in [1.82, 2.24) is 4.72 Å². The Balaban J connectivity index is 2.05. The number of benzene rings is 1. The number of hydrogen-bond acceptors (Lipinski definition) is 4. The van der Waals surface area contributed by atoms with Gasteiger partial charge >= 0.3 is 0 Å². The third kappa shape index (κ3) is 4.11. The summed E-state index contributed by atoms with van der Waals surface area (Å²) in [5, 5.41) is 0.496. The van der Waals surface area contributed by atoms with Gasteiger partial charge in [0.15, 0.2) is 0 Å². The van der Waals surface area contributed by atoms with Crippen molar-refractivity contribution in [3.05, 3.63) is 28.8 Å². The molecule has 0 unspecified atom stereocenters. The van der Waals surface area contributed by atoms with Gasteiger partial charge in [-0.15, -0.1) is 0 Å². The molecule has 0 aliphatic carbocycles. The van der Waals surface area contributed by atoms with E-state index in [1.54, 1.807) is 12.1 Å². The van der Waals surface area contributed by atoms with Crippen LogP contribution in [0, 0.1) is 5.92 Å². The highest BCUT2D eigenvalue weighted by Crippen LogP contribution is 2.23. The molecule has 2 rings (SSSR count). The molecule has 1 fully saturated rings. The van der Waals surface area contributed by atoms with E-state index in [0.717, 1.165) is 24.3 Å². The van der Waals surface area contributed by atoms with Gasteiger partial charge in [0.05, 0.1) is 4.90 Å². The molecule has 1 heterocycles. The second-order valence-corrected chi connectivity index (χ2v) is 8.26. The summed E-state index contributed by atoms with van der Waals surface area (Å²) in [7, 11) is -3.48. The molecule has 0 atom stereocenters. The van der Waals surface area contributed by atoms with E-state index in [1.807, 2.05) is 11.8 Å². The summed E-state index contributed by atoms with van der Waals surface area (Å²) in [6.45, 7) is 0.728. The highest BCUT2D eigenvalue weighted by Gasteiger charge is 2.19. The molecule has 0 spiro atoms. The van der Waals surface area contributed by atoms with Gasteiger partial charge < -0.3 is 5.73 Å². The maximum atomic E-state index is 12.3. The van der Waals surface area contributed by atoms with E-state index in [9.17, 15) is 8.42 Å². The smallest absolute Gasteiger partial charge is 0.240 e. The van der Waals surface area contributed by atoms with Crippen molar-refractivity contribution < 1.29 is 8.42 Å². The first-order valence-corrected chi connectivity index (χ1v) is 9.60. The molecule has 0 radical (unpaired) electrons. The Morgan fingerprint density at radius 3 is 2.70 bits per heavy atom. The van der Waals surface area contributed by atoms with Gasteiger partial charge in [-0.25, -0.2) is 13.1 Å². The molecule has 4 nitrogen and oxygen atoms in total. The minimum Gasteiger partial charge on any atom is -0.326 e. The fourth-order valence-corrected chi connectivity index (χ4v) is 4.70. The molecule has 1 aromatic carbocycles. The zero-order valence-electron chi connectivity index (χ0n) is 11.1. The Morgan fingerprint density at radius 1 is 1.35 bits per heavy atom. The molecule has 0 bridgehead atoms. The zero-order valence-corrected chi connectivity index (χ0v) is 13.5. The molecule has 3 N–H and O–H groups in total. The van der Waals surface area contributed by atoms with Crippen molar-refractivity contribution in [2.24, 2.45) is 11.7 Å². The summed E-state index contributed by atoms with van der Waals surface area (Å²) in [6.07, 6.45) is 2.14. The van der Waals surface area contributed by atoms with Gasteiger partial charge in [-0.2, -0.15) is 11.8 Å². The van der Waals surface area contributed by atoms with Crippen LogP contribution >= 0.6 is 23.4 Å². The van der Waals surface area contributed by atoms with Crippen molar-refractivity contribution >= 4 is 33.4 Å². The summed E-state index contributed by atoms with van der Waals surface area (Å²) in [5.41, 5.74) is 6.19. The summed E-state index contributed by atoms with van der Waals surface area (Å²) < 4.78 is 27.2. The lowest BCUT2D eigenvalue weighted by molar-refractivity contribution is 0.476. The van der Waals surface area contributed by atoms with Crippen LogP contribution in [-0.4, -0.2) is 26.5 Å². The average molecular weight is 335 g/mol. The Kier molecular flexibility index (Phi) is 5.74. The van der Waals surface area contributed by atoms with E-state index >= 15 is 0 Å². The molecule has 7 heteroatoms. The molecule has 1 aliphatic rings. The van der Waals surface area contributed by atoms with E-state index in [-0.39, 0.29) is 11.4 Å². The van der Waals surface area contributed by atoms with Gasteiger partial charge in [-0.1, -0.05) is 11.6 Å². The van der Waals surface area contributed by atoms with E-state index < -0.39 is 10.0 Å². The predicted octanol–water partition coefficient (Wildman–Crippen LogP) is 2.22. The first-order valence-electron chi connectivity index (χ1n) is 6.59. The van der Waals surface area contributed by atoms with Gasteiger partial charge in [0.1, 0.15) is 0 Å². The van der Waals surface area contributed by atoms with Crippen molar-refractivity contribution in [3.8, 4) is 0 Å². The highest BCUT2D eigenvalue weighted by molar-refractivity contribution is 7.99. The molecule has 0 amide bonds. The standard InChI is InChI=1S/C13H19ClN2O2S2/c14-13-2-1-12(7-11(13)8-15)20(17,18)16-9-10-3-5-19-6-4-10/h1-2,7,10,16H,3-6,8-9,15H2. The molecular formula is C13H19ClN2O2S2. The average Bonchev–Trinajstić information content (AvgIpc) is 2.46. The number of nitrogens with one attached hydrogen (secondary N) is 1. The Morgan fingerprint density at radius 2 is 2.05 bits per heavy atom. The van der Waals surface area contributed by atoms with Crippen LogP contribution in [-0.2, 0) is 16.6 Å². The Hall–Kier alpha value is -0.270. The van der Waals surface area contributed by atoms with Crippen LogP contribution in [0.25, 0.3) is 0 Å². The fourth-order valence-electron chi connectivity index (χ4n) is 2.14. The maximum Gasteiger partial charge on any atom is 0.240 e. The number of nitrogens with two attached hydrogens (primary N) is 1. The van der Waals surface area contributed by atoms with E-state index in [1.165, 1.54) is 6.07 Å². The van der Waals surface area contributed by atoms with Crippen LogP contribution in [0.15, 0.2) is 23.1 Å². The lowest BCUT2D eigenvalue weighted by atomic mass is 10.0. The molecular weight excluding hydrogens is 316 g/mol. The minimum atomic E-state index is -3.48. The van der Waals surface area contributed by atoms with Crippen molar-refractivity contribution in [3.63, 3.8) is 0 Å². The number of halogens is 1. The number of thioether (sulfide) groups is 1.